The highest BCUT2D eigenvalue weighted by atomic mass is 16.1. The number of hydrogen-bond donors (Lipinski definition) is 1. The number of nitrogens with one attached hydrogen (secondary N) is 1. The number of terminal acetylenes is 1. The minimum absolute atomic E-state index is 0.0147. The van der Waals surface area contributed by atoms with E-state index in [2.05, 4.69) is 37.3 Å². The lowest BCUT2D eigenvalue weighted by Crippen LogP contribution is -2.28. The Labute approximate surface area is 136 Å². The van der Waals surface area contributed by atoms with Crippen LogP contribution in [0.5, 0.6) is 0 Å². The zero-order chi connectivity index (χ0) is 16.3. The van der Waals surface area contributed by atoms with Gasteiger partial charge in [0.05, 0.1) is 11.7 Å². The van der Waals surface area contributed by atoms with Gasteiger partial charge in [-0.05, 0) is 32.3 Å². The molecule has 2 aliphatic heterocycles. The first-order valence-corrected chi connectivity index (χ1v) is 8.35. The summed E-state index contributed by atoms with van der Waals surface area (Å²) in [5.74, 6) is 2.61. The highest BCUT2D eigenvalue weighted by Crippen LogP contribution is 2.37. The van der Waals surface area contributed by atoms with Crippen molar-refractivity contribution in [3.8, 4) is 12.3 Å². The molecule has 0 aromatic carbocycles. The van der Waals surface area contributed by atoms with Gasteiger partial charge >= 0.3 is 0 Å². The molecule has 3 heterocycles. The highest BCUT2D eigenvalue weighted by Gasteiger charge is 2.39. The first-order chi connectivity index (χ1) is 11.1. The molecule has 0 saturated carbocycles. The first-order valence-electron chi connectivity index (χ1n) is 8.35. The number of fused-ring (bicyclic) bond motifs is 1. The van der Waals surface area contributed by atoms with Crippen molar-refractivity contribution in [3.63, 3.8) is 0 Å². The number of rotatable bonds is 7. The van der Waals surface area contributed by atoms with Crippen LogP contribution in [0.1, 0.15) is 62.9 Å². The van der Waals surface area contributed by atoms with Crippen molar-refractivity contribution in [2.45, 2.75) is 70.1 Å². The smallest absolute Gasteiger partial charge is 0.220 e. The van der Waals surface area contributed by atoms with Crippen LogP contribution in [-0.4, -0.2) is 21.4 Å². The highest BCUT2D eigenvalue weighted by molar-refractivity contribution is 5.76. The van der Waals surface area contributed by atoms with E-state index in [1.807, 2.05) is 6.92 Å². The van der Waals surface area contributed by atoms with Gasteiger partial charge in [0, 0.05) is 37.9 Å². The van der Waals surface area contributed by atoms with Gasteiger partial charge in [-0.3, -0.25) is 9.48 Å². The normalized spacial score (nSPS) is 18.8. The lowest BCUT2D eigenvalue weighted by atomic mass is 10.0. The van der Waals surface area contributed by atoms with Crippen LogP contribution in [0.15, 0.2) is 16.3 Å². The number of hydrogen-bond acceptors (Lipinski definition) is 4. The second-order valence-corrected chi connectivity index (χ2v) is 6.42. The minimum atomic E-state index is -0.388. The van der Waals surface area contributed by atoms with Gasteiger partial charge in [-0.25, -0.2) is 0 Å². The molecule has 122 valence electrons. The van der Waals surface area contributed by atoms with Crippen molar-refractivity contribution < 1.29 is 4.79 Å². The molecule has 6 heteroatoms. The predicted octanol–water partition coefficient (Wildman–Crippen LogP) is 2.75. The minimum Gasteiger partial charge on any atom is -0.348 e. The summed E-state index contributed by atoms with van der Waals surface area (Å²) in [5, 5.41) is 15.7. The molecule has 6 nitrogen and oxygen atoms in total. The van der Waals surface area contributed by atoms with Crippen LogP contribution in [0.2, 0.25) is 0 Å². The Morgan fingerprint density at radius 1 is 1.48 bits per heavy atom. The van der Waals surface area contributed by atoms with E-state index < -0.39 is 0 Å². The van der Waals surface area contributed by atoms with Crippen molar-refractivity contribution in [2.75, 3.05) is 0 Å². The van der Waals surface area contributed by atoms with Gasteiger partial charge in [-0.1, -0.05) is 0 Å². The average Bonchev–Trinajstić information content (AvgIpc) is 3.19. The maximum atomic E-state index is 12.1. The maximum Gasteiger partial charge on any atom is 0.220 e. The van der Waals surface area contributed by atoms with Crippen LogP contribution in [0.25, 0.3) is 0 Å². The Balaban J connectivity index is 1.48. The quantitative estimate of drug-likeness (QED) is 0.786. The summed E-state index contributed by atoms with van der Waals surface area (Å²) >= 11 is 0. The van der Waals surface area contributed by atoms with Crippen LogP contribution in [0, 0.1) is 12.3 Å². The summed E-state index contributed by atoms with van der Waals surface area (Å²) in [6, 6.07) is 2.04. The van der Waals surface area contributed by atoms with Gasteiger partial charge in [0.2, 0.25) is 5.91 Å². The standard InChI is InChI=1S/C17H23N5O/c1-3-4-9-17(20-21-17)10-8-16(23)18-13(2)15-12-14-7-5-6-11-22(14)19-15/h1,12-13H,4-11H2,2H3,(H,18,23). The largest absolute Gasteiger partial charge is 0.348 e. The monoisotopic (exact) mass is 313 g/mol. The third kappa shape index (κ3) is 3.79. The van der Waals surface area contributed by atoms with Gasteiger partial charge in [0.1, 0.15) is 0 Å². The molecular formula is C17H23N5O. The van der Waals surface area contributed by atoms with Gasteiger partial charge in [0.25, 0.3) is 0 Å². The number of aromatic nitrogens is 2. The molecule has 0 fully saturated rings. The summed E-state index contributed by atoms with van der Waals surface area (Å²) in [6.07, 6.45) is 11.2. The van der Waals surface area contributed by atoms with Crippen LogP contribution in [0.4, 0.5) is 0 Å². The number of aryl methyl sites for hydroxylation is 2. The molecule has 1 aromatic heterocycles. The van der Waals surface area contributed by atoms with Crippen LogP contribution < -0.4 is 5.32 Å². The molecule has 0 saturated heterocycles. The Hall–Kier alpha value is -2.16. The lowest BCUT2D eigenvalue weighted by Gasteiger charge is -2.13. The number of carbonyl (C=O) groups excluding carboxylic acids is 1. The molecule has 0 spiro atoms. The summed E-state index contributed by atoms with van der Waals surface area (Å²) in [7, 11) is 0. The molecule has 3 rings (SSSR count). The van der Waals surface area contributed by atoms with E-state index >= 15 is 0 Å². The molecular weight excluding hydrogens is 290 g/mol. The average molecular weight is 313 g/mol. The molecule has 1 unspecified atom stereocenters. The molecule has 2 aliphatic rings. The Morgan fingerprint density at radius 2 is 2.30 bits per heavy atom. The van der Waals surface area contributed by atoms with Gasteiger partial charge in [-0.15, -0.1) is 12.3 Å². The molecule has 1 amide bonds. The molecule has 0 radical (unpaired) electrons. The topological polar surface area (TPSA) is 71.6 Å². The van der Waals surface area contributed by atoms with Crippen LogP contribution in [-0.2, 0) is 17.8 Å². The third-order valence-electron chi connectivity index (χ3n) is 4.56. The summed E-state index contributed by atoms with van der Waals surface area (Å²) < 4.78 is 2.07. The van der Waals surface area contributed by atoms with E-state index in [1.165, 1.54) is 18.5 Å². The second kappa shape index (κ2) is 6.53. The Bertz CT molecular complexity index is 625. The second-order valence-electron chi connectivity index (χ2n) is 6.42. The SMILES string of the molecule is C#CCCC1(CCC(=O)NC(C)c2cc3n(n2)CCCC3)N=N1. The van der Waals surface area contributed by atoms with Crippen LogP contribution >= 0.6 is 0 Å². The fourth-order valence-corrected chi connectivity index (χ4v) is 3.02. The molecule has 1 atom stereocenters. The van der Waals surface area contributed by atoms with Crippen molar-refractivity contribution in [1.82, 2.24) is 15.1 Å². The fraction of sp³-hybridized carbons (Fsp3) is 0.647. The zero-order valence-corrected chi connectivity index (χ0v) is 13.6. The van der Waals surface area contributed by atoms with Gasteiger partial charge in [-0.2, -0.15) is 15.3 Å². The summed E-state index contributed by atoms with van der Waals surface area (Å²) in [6.45, 7) is 2.96. The van der Waals surface area contributed by atoms with Crippen molar-refractivity contribution in [2.24, 2.45) is 10.2 Å². The van der Waals surface area contributed by atoms with Crippen molar-refractivity contribution in [3.05, 3.63) is 17.5 Å². The van der Waals surface area contributed by atoms with E-state index in [4.69, 9.17) is 6.42 Å². The number of carbonyl (C=O) groups is 1. The van der Waals surface area contributed by atoms with E-state index in [-0.39, 0.29) is 17.6 Å². The van der Waals surface area contributed by atoms with E-state index in [1.54, 1.807) is 0 Å². The Morgan fingerprint density at radius 3 is 3.00 bits per heavy atom. The zero-order valence-electron chi connectivity index (χ0n) is 13.6. The molecule has 1 aromatic rings. The van der Waals surface area contributed by atoms with E-state index in [9.17, 15) is 4.79 Å². The van der Waals surface area contributed by atoms with Gasteiger partial charge in [0.15, 0.2) is 5.66 Å². The summed E-state index contributed by atoms with van der Waals surface area (Å²) in [4.78, 5) is 12.1. The third-order valence-corrected chi connectivity index (χ3v) is 4.56. The van der Waals surface area contributed by atoms with Gasteiger partial charge < -0.3 is 5.32 Å². The van der Waals surface area contributed by atoms with Crippen LogP contribution in [0.3, 0.4) is 0 Å². The number of nitrogens with zero attached hydrogens (tertiary/aromatic N) is 4. The first kappa shape index (κ1) is 15.7. The van der Waals surface area contributed by atoms with Crippen molar-refractivity contribution in [1.29, 1.82) is 0 Å². The number of amides is 1. The van der Waals surface area contributed by atoms with Crippen molar-refractivity contribution >= 4 is 5.91 Å². The predicted molar refractivity (Wildman–Crippen MR) is 86.6 cm³/mol. The molecule has 0 aliphatic carbocycles. The Kier molecular flexibility index (Phi) is 4.46. The fourth-order valence-electron chi connectivity index (χ4n) is 3.02. The molecule has 0 bridgehead atoms. The molecule has 23 heavy (non-hydrogen) atoms. The van der Waals surface area contributed by atoms with E-state index in [0.29, 0.717) is 19.3 Å². The molecule has 1 N–H and O–H groups in total. The summed E-state index contributed by atoms with van der Waals surface area (Å²) in [5.41, 5.74) is 1.83. The van der Waals surface area contributed by atoms with E-state index in [0.717, 1.165) is 25.1 Å². The maximum absolute atomic E-state index is 12.1. The lowest BCUT2D eigenvalue weighted by molar-refractivity contribution is -0.122.